The summed E-state index contributed by atoms with van der Waals surface area (Å²) >= 11 is 0. The Bertz CT molecular complexity index is 135. The van der Waals surface area contributed by atoms with Gasteiger partial charge in [0.2, 0.25) is 0 Å². The van der Waals surface area contributed by atoms with Crippen molar-refractivity contribution in [2.24, 2.45) is 0 Å². The molecule has 0 amide bonds. The molecule has 12 heavy (non-hydrogen) atoms. The molecule has 1 N–H and O–H groups in total. The van der Waals surface area contributed by atoms with Crippen LogP contribution < -0.4 is 5.43 Å². The fraction of sp³-hybridized carbons (Fsp3) is 1.00. The van der Waals surface area contributed by atoms with E-state index in [1.165, 1.54) is 45.4 Å². The molecule has 0 aliphatic carbocycles. The van der Waals surface area contributed by atoms with Crippen LogP contribution in [0.25, 0.3) is 0 Å². The summed E-state index contributed by atoms with van der Waals surface area (Å²) in [6, 6.07) is 0.809. The molecule has 0 unspecified atom stereocenters. The predicted octanol–water partition coefficient (Wildman–Crippen LogP) is 0.291. The van der Waals surface area contributed by atoms with Gasteiger partial charge in [0.1, 0.15) is 0 Å². The highest BCUT2D eigenvalue weighted by Crippen LogP contribution is 2.15. The van der Waals surface area contributed by atoms with E-state index in [-0.39, 0.29) is 0 Å². The first-order valence-corrected chi connectivity index (χ1v) is 5.05. The topological polar surface area (TPSA) is 18.5 Å². The highest BCUT2D eigenvalue weighted by Gasteiger charge is 2.24. The van der Waals surface area contributed by atoms with E-state index in [1.54, 1.807) is 0 Å². The second kappa shape index (κ2) is 3.73. The molecular weight excluding hydrogens is 150 g/mol. The minimum atomic E-state index is 0.809. The van der Waals surface area contributed by atoms with Gasteiger partial charge in [-0.15, -0.1) is 0 Å². The van der Waals surface area contributed by atoms with Gasteiger partial charge in [-0.3, -0.25) is 5.43 Å². The van der Waals surface area contributed by atoms with Crippen molar-refractivity contribution < 1.29 is 0 Å². The van der Waals surface area contributed by atoms with Crippen molar-refractivity contribution in [1.82, 2.24) is 15.3 Å². The normalized spacial score (nSPS) is 29.8. The molecular formula is C9H19N3. The molecule has 70 valence electrons. The number of hydrogen-bond donors (Lipinski definition) is 1. The van der Waals surface area contributed by atoms with E-state index in [9.17, 15) is 0 Å². The Morgan fingerprint density at radius 1 is 1.17 bits per heavy atom. The van der Waals surface area contributed by atoms with Crippen LogP contribution in [0.4, 0.5) is 0 Å². The van der Waals surface area contributed by atoms with Crippen LogP contribution >= 0.6 is 0 Å². The number of likely N-dealkylation sites (tertiary alicyclic amines) is 1. The quantitative estimate of drug-likeness (QED) is 0.609. The van der Waals surface area contributed by atoms with Gasteiger partial charge in [0.05, 0.1) is 0 Å². The molecule has 2 saturated heterocycles. The summed E-state index contributed by atoms with van der Waals surface area (Å²) in [5, 5.41) is 2.45. The highest BCUT2D eigenvalue weighted by atomic mass is 15.5. The summed E-state index contributed by atoms with van der Waals surface area (Å²) in [5.74, 6) is 0. The molecule has 3 heteroatoms. The molecule has 0 atom stereocenters. The number of hydrazine groups is 1. The number of hydrogen-bond acceptors (Lipinski definition) is 3. The first kappa shape index (κ1) is 8.48. The number of nitrogens with one attached hydrogen (secondary N) is 1. The lowest BCUT2D eigenvalue weighted by molar-refractivity contribution is 0.106. The summed E-state index contributed by atoms with van der Waals surface area (Å²) in [7, 11) is 2.22. The van der Waals surface area contributed by atoms with Gasteiger partial charge in [0.25, 0.3) is 0 Å². The first-order valence-electron chi connectivity index (χ1n) is 5.05. The zero-order valence-corrected chi connectivity index (χ0v) is 7.92. The van der Waals surface area contributed by atoms with Crippen LogP contribution in [0.2, 0.25) is 0 Å². The van der Waals surface area contributed by atoms with E-state index >= 15 is 0 Å². The molecule has 2 aliphatic heterocycles. The summed E-state index contributed by atoms with van der Waals surface area (Å²) in [4.78, 5) is 2.42. The van der Waals surface area contributed by atoms with Gasteiger partial charge in [0, 0.05) is 19.1 Å². The standard InChI is InChI=1S/C9H19N3/c1-11-7-3-9(4-8-11)12-6-2-5-10-12/h9-10H,2-8H2,1H3. The third-order valence-electron chi connectivity index (χ3n) is 3.02. The molecule has 3 nitrogen and oxygen atoms in total. The molecule has 0 bridgehead atoms. The Morgan fingerprint density at radius 3 is 2.50 bits per heavy atom. The lowest BCUT2D eigenvalue weighted by atomic mass is 10.1. The van der Waals surface area contributed by atoms with E-state index in [1.807, 2.05) is 0 Å². The second-order valence-electron chi connectivity index (χ2n) is 3.99. The number of piperidine rings is 1. The first-order chi connectivity index (χ1) is 5.86. The van der Waals surface area contributed by atoms with Gasteiger partial charge in [-0.1, -0.05) is 0 Å². The molecule has 2 fully saturated rings. The van der Waals surface area contributed by atoms with Crippen molar-refractivity contribution in [3.8, 4) is 0 Å². The molecule has 2 aliphatic rings. The van der Waals surface area contributed by atoms with Crippen molar-refractivity contribution in [2.75, 3.05) is 33.2 Å². The van der Waals surface area contributed by atoms with Gasteiger partial charge < -0.3 is 4.90 Å². The minimum absolute atomic E-state index is 0.809. The van der Waals surface area contributed by atoms with Gasteiger partial charge >= 0.3 is 0 Å². The van der Waals surface area contributed by atoms with Crippen LogP contribution in [0, 0.1) is 0 Å². The van der Waals surface area contributed by atoms with Crippen LogP contribution in [0.3, 0.4) is 0 Å². The molecule has 2 rings (SSSR count). The van der Waals surface area contributed by atoms with Crippen molar-refractivity contribution in [3.63, 3.8) is 0 Å². The van der Waals surface area contributed by atoms with E-state index in [4.69, 9.17) is 0 Å². The summed E-state index contributed by atoms with van der Waals surface area (Å²) in [6.07, 6.45) is 4.00. The lowest BCUT2D eigenvalue weighted by Crippen LogP contribution is -2.46. The minimum Gasteiger partial charge on any atom is -0.306 e. The van der Waals surface area contributed by atoms with Crippen molar-refractivity contribution in [2.45, 2.75) is 25.3 Å². The van der Waals surface area contributed by atoms with E-state index in [0.29, 0.717) is 0 Å². The maximum absolute atomic E-state index is 3.46. The van der Waals surface area contributed by atoms with E-state index in [2.05, 4.69) is 22.4 Å². The predicted molar refractivity (Wildman–Crippen MR) is 49.8 cm³/mol. The third kappa shape index (κ3) is 1.79. The Kier molecular flexibility index (Phi) is 2.63. The maximum atomic E-state index is 3.46. The fourth-order valence-corrected chi connectivity index (χ4v) is 2.17. The summed E-state index contributed by atoms with van der Waals surface area (Å²) in [6.45, 7) is 4.98. The lowest BCUT2D eigenvalue weighted by Gasteiger charge is -2.34. The van der Waals surface area contributed by atoms with E-state index in [0.717, 1.165) is 6.04 Å². The zero-order chi connectivity index (χ0) is 8.39. The monoisotopic (exact) mass is 169 g/mol. The molecule has 0 saturated carbocycles. The summed E-state index contributed by atoms with van der Waals surface area (Å²) < 4.78 is 0. The SMILES string of the molecule is CN1CCC(N2CCCN2)CC1. The Labute approximate surface area is 74.7 Å². The largest absolute Gasteiger partial charge is 0.306 e. The van der Waals surface area contributed by atoms with E-state index < -0.39 is 0 Å². The van der Waals surface area contributed by atoms with Crippen LogP contribution in [0.5, 0.6) is 0 Å². The van der Waals surface area contributed by atoms with Crippen LogP contribution in [0.1, 0.15) is 19.3 Å². The fourth-order valence-electron chi connectivity index (χ4n) is 2.17. The molecule has 0 aromatic rings. The Morgan fingerprint density at radius 2 is 1.92 bits per heavy atom. The van der Waals surface area contributed by atoms with Gasteiger partial charge in [-0.25, -0.2) is 5.01 Å². The molecule has 0 spiro atoms. The maximum Gasteiger partial charge on any atom is 0.0267 e. The molecule has 0 radical (unpaired) electrons. The Hall–Kier alpha value is -0.120. The number of nitrogens with zero attached hydrogens (tertiary/aromatic N) is 2. The second-order valence-corrected chi connectivity index (χ2v) is 3.99. The van der Waals surface area contributed by atoms with Gasteiger partial charge in [0.15, 0.2) is 0 Å². The van der Waals surface area contributed by atoms with Gasteiger partial charge in [-0.2, -0.15) is 0 Å². The number of rotatable bonds is 1. The summed E-state index contributed by atoms with van der Waals surface area (Å²) in [5.41, 5.74) is 3.46. The smallest absolute Gasteiger partial charge is 0.0267 e. The zero-order valence-electron chi connectivity index (χ0n) is 7.92. The molecule has 2 heterocycles. The van der Waals surface area contributed by atoms with Crippen LogP contribution in [0.15, 0.2) is 0 Å². The molecule has 0 aromatic heterocycles. The van der Waals surface area contributed by atoms with Crippen molar-refractivity contribution >= 4 is 0 Å². The van der Waals surface area contributed by atoms with Crippen LogP contribution in [-0.4, -0.2) is 49.2 Å². The van der Waals surface area contributed by atoms with Crippen molar-refractivity contribution in [1.29, 1.82) is 0 Å². The van der Waals surface area contributed by atoms with Crippen LogP contribution in [-0.2, 0) is 0 Å². The average molecular weight is 169 g/mol. The highest BCUT2D eigenvalue weighted by molar-refractivity contribution is 4.78. The average Bonchev–Trinajstić information content (AvgIpc) is 2.58. The van der Waals surface area contributed by atoms with Gasteiger partial charge in [-0.05, 0) is 39.4 Å². The Balaban J connectivity index is 1.80. The molecule has 0 aromatic carbocycles. The van der Waals surface area contributed by atoms with Crippen molar-refractivity contribution in [3.05, 3.63) is 0 Å². The third-order valence-corrected chi connectivity index (χ3v) is 3.02.